The summed E-state index contributed by atoms with van der Waals surface area (Å²) in [5.74, 6) is 0.498. The van der Waals surface area contributed by atoms with Crippen molar-refractivity contribution in [2.45, 2.75) is 26.4 Å². The van der Waals surface area contributed by atoms with Crippen LogP contribution in [-0.2, 0) is 4.84 Å². The number of aromatic carboxylic acids is 1. The Labute approximate surface area is 212 Å². The van der Waals surface area contributed by atoms with Gasteiger partial charge in [0, 0.05) is 30.8 Å². The second-order valence-electron chi connectivity index (χ2n) is 9.82. The second kappa shape index (κ2) is 12.0. The topological polar surface area (TPSA) is 82.4 Å². The van der Waals surface area contributed by atoms with E-state index in [4.69, 9.17) is 9.94 Å². The Morgan fingerprint density at radius 3 is 1.89 bits per heavy atom. The molecule has 0 aromatic heterocycles. The van der Waals surface area contributed by atoms with Crippen LogP contribution in [0.5, 0.6) is 0 Å². The van der Waals surface area contributed by atoms with E-state index in [9.17, 15) is 9.90 Å². The van der Waals surface area contributed by atoms with E-state index in [2.05, 4.69) is 48.2 Å². The van der Waals surface area contributed by atoms with Crippen LogP contribution in [0.15, 0.2) is 84.0 Å². The number of piperidine rings is 1. The van der Waals surface area contributed by atoms with Gasteiger partial charge >= 0.3 is 5.97 Å². The molecular formula is C30H34N2O4. The normalized spacial score (nSPS) is 19.4. The third kappa shape index (κ3) is 6.39. The molecule has 1 aliphatic heterocycles. The molecule has 0 spiro atoms. The maximum atomic E-state index is 10.4. The Morgan fingerprint density at radius 1 is 0.889 bits per heavy atom. The minimum absolute atomic E-state index is 0.215. The molecule has 0 radical (unpaired) electrons. The maximum absolute atomic E-state index is 10.4. The van der Waals surface area contributed by atoms with Crippen molar-refractivity contribution in [2.24, 2.45) is 17.0 Å². The van der Waals surface area contributed by atoms with Crippen LogP contribution < -0.4 is 0 Å². The number of carbonyl (C=O) groups is 1. The number of hydrogen-bond acceptors (Lipinski definition) is 5. The van der Waals surface area contributed by atoms with E-state index in [0.29, 0.717) is 23.9 Å². The number of aliphatic hydroxyl groups excluding tert-OH is 1. The molecule has 1 heterocycles. The van der Waals surface area contributed by atoms with E-state index >= 15 is 0 Å². The molecule has 6 nitrogen and oxygen atoms in total. The zero-order valence-electron chi connectivity index (χ0n) is 20.9. The fourth-order valence-electron chi connectivity index (χ4n) is 5.15. The highest BCUT2D eigenvalue weighted by molar-refractivity contribution is 6.24. The van der Waals surface area contributed by atoms with Crippen molar-refractivity contribution in [1.82, 2.24) is 4.90 Å². The average Bonchev–Trinajstić information content (AvgIpc) is 3.18. The fourth-order valence-corrected chi connectivity index (χ4v) is 5.15. The monoisotopic (exact) mass is 486 g/mol. The van der Waals surface area contributed by atoms with Crippen LogP contribution in [0.1, 0.15) is 41.8 Å². The van der Waals surface area contributed by atoms with Crippen molar-refractivity contribution in [1.29, 1.82) is 0 Å². The van der Waals surface area contributed by atoms with E-state index in [1.165, 1.54) is 17.5 Å². The molecular weight excluding hydrogens is 452 g/mol. The smallest absolute Gasteiger partial charge is 0.335 e. The third-order valence-corrected chi connectivity index (χ3v) is 6.51. The maximum Gasteiger partial charge on any atom is 0.335 e. The van der Waals surface area contributed by atoms with Crippen molar-refractivity contribution in [3.63, 3.8) is 0 Å². The number of carboxylic acid groups (broad SMARTS) is 1. The summed E-state index contributed by atoms with van der Waals surface area (Å²) in [6, 6.07) is 24.8. The van der Waals surface area contributed by atoms with Gasteiger partial charge in [0.2, 0.25) is 0 Å². The van der Waals surface area contributed by atoms with Gasteiger partial charge in [-0.15, -0.1) is 0 Å². The molecule has 3 aromatic carbocycles. The average molecular weight is 487 g/mol. The molecule has 3 unspecified atom stereocenters. The van der Waals surface area contributed by atoms with Crippen molar-refractivity contribution in [3.8, 4) is 11.1 Å². The van der Waals surface area contributed by atoms with Crippen molar-refractivity contribution in [2.75, 3.05) is 26.2 Å². The van der Waals surface area contributed by atoms with Crippen molar-refractivity contribution >= 4 is 11.7 Å². The first kappa shape index (κ1) is 25.6. The highest BCUT2D eigenvalue weighted by atomic mass is 16.6. The lowest BCUT2D eigenvalue weighted by Crippen LogP contribution is -2.43. The molecule has 5 rings (SSSR count). The van der Waals surface area contributed by atoms with Crippen molar-refractivity contribution in [3.05, 3.63) is 95.6 Å². The number of fused-ring (bicyclic) bond motifs is 3. The molecule has 0 amide bonds. The number of β-amino-alcohol motifs (C(OH)–C–C–N with tert-alkyl or cyclic N) is 1. The predicted molar refractivity (Wildman–Crippen MR) is 142 cm³/mol. The number of carboxylic acids is 1. The largest absolute Gasteiger partial charge is 0.478 e. The van der Waals surface area contributed by atoms with E-state index < -0.39 is 12.1 Å². The van der Waals surface area contributed by atoms with Crippen LogP contribution in [0.2, 0.25) is 0 Å². The SMILES string of the molecule is CC1CC(C)CN(CC(O)CON=C2c3ccccc3-c3ccccc32)C1.O=C(O)c1ccccc1. The summed E-state index contributed by atoms with van der Waals surface area (Å²) in [4.78, 5) is 18.1. The Kier molecular flexibility index (Phi) is 8.52. The summed E-state index contributed by atoms with van der Waals surface area (Å²) >= 11 is 0. The van der Waals surface area contributed by atoms with E-state index in [-0.39, 0.29) is 6.61 Å². The first-order valence-electron chi connectivity index (χ1n) is 12.5. The molecule has 188 valence electrons. The van der Waals surface area contributed by atoms with E-state index in [1.807, 2.05) is 24.3 Å². The van der Waals surface area contributed by atoms with Crippen LogP contribution in [0.4, 0.5) is 0 Å². The van der Waals surface area contributed by atoms with Gasteiger partial charge in [-0.25, -0.2) is 4.79 Å². The van der Waals surface area contributed by atoms with Gasteiger partial charge in [-0.1, -0.05) is 85.7 Å². The number of rotatable bonds is 6. The zero-order valence-corrected chi connectivity index (χ0v) is 20.9. The molecule has 36 heavy (non-hydrogen) atoms. The first-order chi connectivity index (χ1) is 17.4. The van der Waals surface area contributed by atoms with Gasteiger partial charge in [-0.05, 0) is 41.5 Å². The zero-order chi connectivity index (χ0) is 25.5. The van der Waals surface area contributed by atoms with Crippen LogP contribution in [-0.4, -0.2) is 59.1 Å². The summed E-state index contributed by atoms with van der Waals surface area (Å²) in [6.07, 6.45) is 0.744. The molecule has 2 aliphatic rings. The highest BCUT2D eigenvalue weighted by Crippen LogP contribution is 2.36. The Morgan fingerprint density at radius 2 is 1.39 bits per heavy atom. The van der Waals surface area contributed by atoms with E-state index in [0.717, 1.165) is 29.9 Å². The standard InChI is InChI=1S/C23H28N2O2.C7H6O2/c1-16-11-17(2)13-25(12-16)14-18(26)15-27-24-23-21-9-5-3-7-19(21)20-8-4-6-10-22(20)23;8-7(9)6-4-2-1-3-5-6/h3-10,16-18,26H,11-15H2,1-2H3;1-5H,(H,8,9). The van der Waals surface area contributed by atoms with Crippen LogP contribution in [0.3, 0.4) is 0 Å². The molecule has 2 N–H and O–H groups in total. The minimum atomic E-state index is -0.879. The van der Waals surface area contributed by atoms with Crippen LogP contribution >= 0.6 is 0 Å². The van der Waals surface area contributed by atoms with Gasteiger partial charge in [-0.2, -0.15) is 0 Å². The third-order valence-electron chi connectivity index (χ3n) is 6.51. The molecule has 3 aromatic rings. The van der Waals surface area contributed by atoms with Gasteiger partial charge in [0.25, 0.3) is 0 Å². The van der Waals surface area contributed by atoms with Gasteiger partial charge < -0.3 is 20.0 Å². The molecule has 1 saturated heterocycles. The van der Waals surface area contributed by atoms with E-state index in [1.54, 1.807) is 30.3 Å². The Bertz CT molecular complexity index is 1140. The number of oxime groups is 1. The number of benzene rings is 3. The Hall–Kier alpha value is -3.48. The molecule has 0 saturated carbocycles. The summed E-state index contributed by atoms with van der Waals surface area (Å²) in [5.41, 5.74) is 5.74. The number of hydrogen-bond donors (Lipinski definition) is 2. The number of likely N-dealkylation sites (tertiary alicyclic amines) is 1. The lowest BCUT2D eigenvalue weighted by Gasteiger charge is -2.35. The summed E-state index contributed by atoms with van der Waals surface area (Å²) < 4.78 is 0. The predicted octanol–water partition coefficient (Wildman–Crippen LogP) is 5.16. The van der Waals surface area contributed by atoms with Crippen LogP contribution in [0.25, 0.3) is 11.1 Å². The molecule has 3 atom stereocenters. The number of nitrogens with zero attached hydrogens (tertiary/aromatic N) is 2. The quantitative estimate of drug-likeness (QED) is 0.368. The lowest BCUT2D eigenvalue weighted by atomic mass is 9.92. The van der Waals surface area contributed by atoms with Gasteiger partial charge in [0.1, 0.15) is 18.4 Å². The summed E-state index contributed by atoms with van der Waals surface area (Å²) in [6.45, 7) is 7.53. The molecule has 1 fully saturated rings. The number of aliphatic hydroxyl groups is 1. The lowest BCUT2D eigenvalue weighted by molar-refractivity contribution is 0.00659. The van der Waals surface area contributed by atoms with Crippen LogP contribution in [0, 0.1) is 11.8 Å². The first-order valence-corrected chi connectivity index (χ1v) is 12.5. The Balaban J connectivity index is 0.000000286. The summed E-state index contributed by atoms with van der Waals surface area (Å²) in [5, 5.41) is 23.2. The molecule has 1 aliphatic carbocycles. The highest BCUT2D eigenvalue weighted by Gasteiger charge is 2.26. The minimum Gasteiger partial charge on any atom is -0.478 e. The molecule has 0 bridgehead atoms. The fraction of sp³-hybridized carbons (Fsp3) is 0.333. The molecule has 6 heteroatoms. The second-order valence-corrected chi connectivity index (χ2v) is 9.82. The summed E-state index contributed by atoms with van der Waals surface area (Å²) in [7, 11) is 0. The van der Waals surface area contributed by atoms with Gasteiger partial charge in [0.05, 0.1) is 5.56 Å². The van der Waals surface area contributed by atoms with Crippen molar-refractivity contribution < 1.29 is 19.8 Å². The van der Waals surface area contributed by atoms with Gasteiger partial charge in [-0.3, -0.25) is 0 Å². The van der Waals surface area contributed by atoms with Gasteiger partial charge in [0.15, 0.2) is 0 Å².